The summed E-state index contributed by atoms with van der Waals surface area (Å²) in [5.41, 5.74) is 1.57. The minimum atomic E-state index is -3.38. The van der Waals surface area contributed by atoms with Gasteiger partial charge >= 0.3 is 0 Å². The maximum atomic E-state index is 12.7. The summed E-state index contributed by atoms with van der Waals surface area (Å²) in [4.78, 5) is 22.4. The van der Waals surface area contributed by atoms with Crippen LogP contribution in [0.15, 0.2) is 6.33 Å². The van der Waals surface area contributed by atoms with Gasteiger partial charge in [-0.05, 0) is 26.7 Å². The molecule has 10 heteroatoms. The van der Waals surface area contributed by atoms with Crippen molar-refractivity contribution < 1.29 is 22.7 Å². The lowest BCUT2D eigenvalue weighted by molar-refractivity contribution is -0.139. The van der Waals surface area contributed by atoms with E-state index in [0.29, 0.717) is 25.3 Å². The third-order valence-corrected chi connectivity index (χ3v) is 5.16. The van der Waals surface area contributed by atoms with Crippen LogP contribution >= 0.6 is 0 Å². The number of carbonyl (C=O) groups is 1. The van der Waals surface area contributed by atoms with Gasteiger partial charge in [-0.15, -0.1) is 0 Å². The number of methoxy groups -OCH3 is 1. The highest BCUT2D eigenvalue weighted by molar-refractivity contribution is 7.88. The molecule has 0 aliphatic carbocycles. The normalized spacial score (nSPS) is 20.8. The van der Waals surface area contributed by atoms with Gasteiger partial charge in [0.25, 0.3) is 5.91 Å². The van der Waals surface area contributed by atoms with Gasteiger partial charge in [0, 0.05) is 31.0 Å². The molecule has 2 heterocycles. The molecule has 0 bridgehead atoms. The average Bonchev–Trinajstić information content (AvgIpc) is 2.56. The van der Waals surface area contributed by atoms with Gasteiger partial charge in [-0.1, -0.05) is 0 Å². The maximum Gasteiger partial charge on any atom is 0.260 e. The number of likely N-dealkylation sites (tertiary alicyclic amines) is 1. The number of ether oxygens (including phenoxy) is 2. The number of aryl methyl sites for hydroxylation is 1. The second-order valence-electron chi connectivity index (χ2n) is 6.43. The molecule has 1 aliphatic heterocycles. The SMILES string of the molecule is COC[C@H]1C(NS(C)(=O)=O)CCCN1C(=O)COc1ncnc(C)c1C. The van der Waals surface area contributed by atoms with Crippen molar-refractivity contribution in [2.75, 3.05) is 33.1 Å². The van der Waals surface area contributed by atoms with E-state index in [1.54, 1.807) is 4.90 Å². The molecule has 2 atom stereocenters. The Bertz CT molecular complexity index is 740. The second kappa shape index (κ2) is 8.74. The van der Waals surface area contributed by atoms with Gasteiger partial charge in [-0.25, -0.2) is 23.1 Å². The van der Waals surface area contributed by atoms with Crippen LogP contribution in [0.25, 0.3) is 0 Å². The summed E-state index contributed by atoms with van der Waals surface area (Å²) < 4.78 is 36.6. The Morgan fingerprint density at radius 3 is 2.77 bits per heavy atom. The molecule has 1 unspecified atom stereocenters. The van der Waals surface area contributed by atoms with E-state index in [9.17, 15) is 13.2 Å². The summed E-state index contributed by atoms with van der Waals surface area (Å²) in [6, 6.07) is -0.765. The van der Waals surface area contributed by atoms with Crippen LogP contribution < -0.4 is 9.46 Å². The molecule has 1 aromatic heterocycles. The van der Waals surface area contributed by atoms with Gasteiger partial charge in [0.15, 0.2) is 6.61 Å². The van der Waals surface area contributed by atoms with Crippen molar-refractivity contribution in [3.63, 3.8) is 0 Å². The fraction of sp³-hybridized carbons (Fsp3) is 0.688. The number of rotatable bonds is 7. The molecule has 1 saturated heterocycles. The van der Waals surface area contributed by atoms with Crippen LogP contribution in [0, 0.1) is 13.8 Å². The molecule has 1 N–H and O–H groups in total. The van der Waals surface area contributed by atoms with Gasteiger partial charge in [-0.2, -0.15) is 0 Å². The quantitative estimate of drug-likeness (QED) is 0.704. The van der Waals surface area contributed by atoms with Crippen LogP contribution in [0.2, 0.25) is 0 Å². The minimum absolute atomic E-state index is 0.177. The van der Waals surface area contributed by atoms with Crippen LogP contribution in [-0.4, -0.2) is 74.4 Å². The van der Waals surface area contributed by atoms with Crippen molar-refractivity contribution in [1.82, 2.24) is 19.6 Å². The lowest BCUT2D eigenvalue weighted by Gasteiger charge is -2.40. The molecule has 9 nitrogen and oxygen atoms in total. The molecule has 0 saturated carbocycles. The second-order valence-corrected chi connectivity index (χ2v) is 8.21. The number of carbonyl (C=O) groups excluding carboxylic acids is 1. The van der Waals surface area contributed by atoms with E-state index in [-0.39, 0.29) is 31.2 Å². The topological polar surface area (TPSA) is 111 Å². The predicted molar refractivity (Wildman–Crippen MR) is 95.4 cm³/mol. The zero-order chi connectivity index (χ0) is 19.3. The van der Waals surface area contributed by atoms with Gasteiger partial charge in [0.05, 0.1) is 18.9 Å². The summed E-state index contributed by atoms with van der Waals surface area (Å²) in [7, 11) is -1.86. The van der Waals surface area contributed by atoms with Gasteiger partial charge < -0.3 is 14.4 Å². The van der Waals surface area contributed by atoms with Crippen molar-refractivity contribution in [2.24, 2.45) is 0 Å². The Balaban J connectivity index is 2.08. The van der Waals surface area contributed by atoms with Crippen molar-refractivity contribution in [3.05, 3.63) is 17.6 Å². The standard InChI is InChI=1S/C16H26N4O5S/c1-11-12(2)17-10-18-16(11)25-9-15(21)20-7-5-6-13(14(20)8-24-3)19-26(4,22)23/h10,13-14,19H,5-9H2,1-4H3/t13?,14-/m0/s1. The number of hydrogen-bond acceptors (Lipinski definition) is 7. The van der Waals surface area contributed by atoms with E-state index < -0.39 is 10.0 Å². The zero-order valence-corrected chi connectivity index (χ0v) is 16.4. The smallest absolute Gasteiger partial charge is 0.260 e. The summed E-state index contributed by atoms with van der Waals surface area (Å²) in [5.74, 6) is 0.139. The highest BCUT2D eigenvalue weighted by atomic mass is 32.2. The average molecular weight is 386 g/mol. The summed E-state index contributed by atoms with van der Waals surface area (Å²) >= 11 is 0. The summed E-state index contributed by atoms with van der Waals surface area (Å²) in [6.07, 6.45) is 3.85. The van der Waals surface area contributed by atoms with Crippen LogP contribution in [0.5, 0.6) is 5.88 Å². The van der Waals surface area contributed by atoms with Gasteiger partial charge in [0.1, 0.15) is 6.33 Å². The molecule has 1 aromatic rings. The molecule has 0 aromatic carbocycles. The summed E-state index contributed by atoms with van der Waals surface area (Å²) in [6.45, 7) is 4.26. The first-order valence-corrected chi connectivity index (χ1v) is 10.3. The van der Waals surface area contributed by atoms with Crippen molar-refractivity contribution in [3.8, 4) is 5.88 Å². The van der Waals surface area contributed by atoms with E-state index >= 15 is 0 Å². The fourth-order valence-corrected chi connectivity index (χ4v) is 3.86. The Morgan fingerprint density at radius 1 is 1.38 bits per heavy atom. The number of amides is 1. The largest absolute Gasteiger partial charge is 0.467 e. The van der Waals surface area contributed by atoms with Crippen molar-refractivity contribution in [1.29, 1.82) is 0 Å². The monoisotopic (exact) mass is 386 g/mol. The molecule has 26 heavy (non-hydrogen) atoms. The first kappa shape index (κ1) is 20.5. The molecular formula is C16H26N4O5S. The number of nitrogens with one attached hydrogen (secondary N) is 1. The molecule has 1 amide bonds. The van der Waals surface area contributed by atoms with E-state index in [0.717, 1.165) is 17.5 Å². The number of aromatic nitrogens is 2. The molecule has 1 aliphatic rings. The third kappa shape index (κ3) is 5.36. The Kier molecular flexibility index (Phi) is 6.90. The van der Waals surface area contributed by atoms with Crippen LogP contribution in [-0.2, 0) is 19.6 Å². The van der Waals surface area contributed by atoms with Crippen molar-refractivity contribution in [2.45, 2.75) is 38.8 Å². The highest BCUT2D eigenvalue weighted by Crippen LogP contribution is 2.20. The van der Waals surface area contributed by atoms with E-state index in [1.807, 2.05) is 13.8 Å². The highest BCUT2D eigenvalue weighted by Gasteiger charge is 2.35. The Labute approximate surface area is 154 Å². The molecule has 2 rings (SSSR count). The lowest BCUT2D eigenvalue weighted by Crippen LogP contribution is -2.59. The van der Waals surface area contributed by atoms with Gasteiger partial charge in [-0.3, -0.25) is 4.79 Å². The fourth-order valence-electron chi connectivity index (χ4n) is 3.03. The van der Waals surface area contributed by atoms with Crippen LogP contribution in [0.1, 0.15) is 24.1 Å². The van der Waals surface area contributed by atoms with E-state index in [4.69, 9.17) is 9.47 Å². The first-order chi connectivity index (χ1) is 12.2. The number of sulfonamides is 1. The Morgan fingerprint density at radius 2 is 2.12 bits per heavy atom. The number of nitrogens with zero attached hydrogens (tertiary/aromatic N) is 3. The zero-order valence-electron chi connectivity index (χ0n) is 15.6. The predicted octanol–water partition coefficient (Wildman–Crippen LogP) is 0.0274. The van der Waals surface area contributed by atoms with Gasteiger partial charge in [0.2, 0.25) is 15.9 Å². The third-order valence-electron chi connectivity index (χ3n) is 4.42. The first-order valence-electron chi connectivity index (χ1n) is 8.39. The molecule has 146 valence electrons. The molecule has 0 radical (unpaired) electrons. The molecule has 1 fully saturated rings. The Hall–Kier alpha value is -1.78. The van der Waals surface area contributed by atoms with Crippen LogP contribution in [0.3, 0.4) is 0 Å². The molecule has 0 spiro atoms. The van der Waals surface area contributed by atoms with E-state index in [2.05, 4.69) is 14.7 Å². The number of hydrogen-bond donors (Lipinski definition) is 1. The number of piperidine rings is 1. The minimum Gasteiger partial charge on any atom is -0.467 e. The molecular weight excluding hydrogens is 360 g/mol. The lowest BCUT2D eigenvalue weighted by atomic mass is 9.97. The summed E-state index contributed by atoms with van der Waals surface area (Å²) in [5, 5.41) is 0. The van der Waals surface area contributed by atoms with Crippen molar-refractivity contribution >= 4 is 15.9 Å². The van der Waals surface area contributed by atoms with E-state index in [1.165, 1.54) is 13.4 Å². The van der Waals surface area contributed by atoms with Crippen LogP contribution in [0.4, 0.5) is 0 Å². The maximum absolute atomic E-state index is 12.7.